The van der Waals surface area contributed by atoms with E-state index in [1.807, 2.05) is 0 Å². The molecular weight excluding hydrogens is 507 g/mol. The zero-order valence-electron chi connectivity index (χ0n) is 18.5. The minimum Gasteiger partial charge on any atom is -0.426 e. The quantitative estimate of drug-likeness (QED) is 0.225. The Morgan fingerprint density at radius 2 is 1.89 bits per heavy atom. The van der Waals surface area contributed by atoms with Gasteiger partial charge >= 0.3 is 21.2 Å². The number of Topliss-reactive ketones (excluding diaryl/α,β-unsaturated/α-hetero) is 1. The van der Waals surface area contributed by atoms with Crippen LogP contribution in [0.5, 0.6) is 5.75 Å². The highest BCUT2D eigenvalue weighted by molar-refractivity contribution is 7.73. The molecule has 11 nitrogen and oxygen atoms in total. The summed E-state index contributed by atoms with van der Waals surface area (Å²) >= 11 is 0. The number of carbonyl (C=O) groups excluding carboxylic acids is 2. The minimum absolute atomic E-state index is 0.148. The van der Waals surface area contributed by atoms with Crippen LogP contribution in [0.3, 0.4) is 0 Å². The Kier molecular flexibility index (Phi) is 6.39. The summed E-state index contributed by atoms with van der Waals surface area (Å²) in [6, 6.07) is 5.63. The van der Waals surface area contributed by atoms with Crippen LogP contribution in [0.15, 0.2) is 42.7 Å². The molecule has 1 saturated carbocycles. The van der Waals surface area contributed by atoms with Gasteiger partial charge in [-0.05, 0) is 30.2 Å². The number of hydrogen-bond acceptors (Lipinski definition) is 9. The molecule has 2 heterocycles. The topological polar surface area (TPSA) is 170 Å². The second-order valence-electron chi connectivity index (χ2n) is 9.01. The van der Waals surface area contributed by atoms with E-state index in [9.17, 15) is 38.0 Å². The molecule has 2 fully saturated rings. The number of ketones is 1. The van der Waals surface area contributed by atoms with E-state index >= 15 is 0 Å². The lowest BCUT2D eigenvalue weighted by Gasteiger charge is -2.41. The largest absolute Gasteiger partial charge is 0.426 e. The number of aliphatic hydroxyl groups is 1. The molecule has 1 aromatic heterocycles. The molecule has 35 heavy (non-hydrogen) atoms. The average Bonchev–Trinajstić information content (AvgIpc) is 2.76. The van der Waals surface area contributed by atoms with Gasteiger partial charge in [-0.25, -0.2) is 4.39 Å². The maximum Gasteiger partial charge on any atom is 0.374 e. The van der Waals surface area contributed by atoms with Gasteiger partial charge in [-0.3, -0.25) is 32.8 Å². The maximum absolute atomic E-state index is 14.8. The van der Waals surface area contributed by atoms with E-state index in [0.29, 0.717) is 0 Å². The number of ether oxygens (including phenoxy) is 1. The zero-order chi connectivity index (χ0) is 25.8. The van der Waals surface area contributed by atoms with Crippen LogP contribution in [0.2, 0.25) is 0 Å². The highest BCUT2D eigenvalue weighted by Crippen LogP contribution is 2.79. The zero-order valence-corrected chi connectivity index (χ0v) is 20.3. The number of hydrogen-bond donors (Lipinski definition) is 3. The Morgan fingerprint density at radius 1 is 1.23 bits per heavy atom. The van der Waals surface area contributed by atoms with Crippen molar-refractivity contribution in [3.05, 3.63) is 59.7 Å². The van der Waals surface area contributed by atoms with Gasteiger partial charge in [0.15, 0.2) is 5.78 Å². The van der Waals surface area contributed by atoms with Crippen molar-refractivity contribution in [3.8, 4) is 5.75 Å². The van der Waals surface area contributed by atoms with Gasteiger partial charge in [0.2, 0.25) is 6.29 Å². The van der Waals surface area contributed by atoms with Gasteiger partial charge in [0.1, 0.15) is 17.5 Å². The van der Waals surface area contributed by atoms with Crippen LogP contribution in [0, 0.1) is 17.2 Å². The Morgan fingerprint density at radius 3 is 2.40 bits per heavy atom. The van der Waals surface area contributed by atoms with E-state index in [1.165, 1.54) is 24.5 Å². The van der Waals surface area contributed by atoms with Crippen LogP contribution in [0.25, 0.3) is 0 Å². The van der Waals surface area contributed by atoms with E-state index in [1.54, 1.807) is 13.8 Å². The Hall–Kier alpha value is -2.30. The highest BCUT2D eigenvalue weighted by atomic mass is 31.2. The lowest BCUT2D eigenvalue weighted by Crippen LogP contribution is -2.49. The van der Waals surface area contributed by atoms with Gasteiger partial charge in [-0.15, -0.1) is 0 Å². The molecule has 4 rings (SSSR count). The average molecular weight is 529 g/mol. The van der Waals surface area contributed by atoms with Crippen LogP contribution in [0.4, 0.5) is 4.39 Å². The molecule has 2 aliphatic rings. The van der Waals surface area contributed by atoms with Crippen molar-refractivity contribution in [1.29, 1.82) is 0 Å². The molecular formula is C21H22FNO10P2. The van der Waals surface area contributed by atoms with E-state index < -0.39 is 61.7 Å². The van der Waals surface area contributed by atoms with E-state index in [4.69, 9.17) is 13.8 Å². The Bertz CT molecular complexity index is 1260. The SMILES string of the molecule is CC1(C)CC(C(=O)Oc2ccc(C3OP(=O)(O)C(O)(Cc4cccnc4)P(=O)(O)O3)c(F)c2)C1=O. The third kappa shape index (κ3) is 4.51. The van der Waals surface area contributed by atoms with Crippen molar-refractivity contribution in [1.82, 2.24) is 4.98 Å². The van der Waals surface area contributed by atoms with Crippen LogP contribution < -0.4 is 4.74 Å². The lowest BCUT2D eigenvalue weighted by molar-refractivity contribution is -0.157. The van der Waals surface area contributed by atoms with Crippen molar-refractivity contribution in [3.63, 3.8) is 0 Å². The summed E-state index contributed by atoms with van der Waals surface area (Å²) in [7, 11) is -10.6. The predicted octanol–water partition coefficient (Wildman–Crippen LogP) is 3.05. The number of carbonyl (C=O) groups is 2. The fraction of sp³-hybridized carbons (Fsp3) is 0.381. The minimum atomic E-state index is -5.30. The fourth-order valence-corrected chi connectivity index (χ4v) is 7.44. The molecule has 1 aliphatic carbocycles. The smallest absolute Gasteiger partial charge is 0.374 e. The van der Waals surface area contributed by atoms with Crippen molar-refractivity contribution < 1.29 is 51.8 Å². The number of esters is 1. The molecule has 3 atom stereocenters. The molecule has 0 radical (unpaired) electrons. The lowest BCUT2D eigenvalue weighted by atomic mass is 9.63. The summed E-state index contributed by atoms with van der Waals surface area (Å²) in [5, 5.41) is 7.49. The van der Waals surface area contributed by atoms with Gasteiger partial charge in [-0.2, -0.15) is 0 Å². The number of halogens is 1. The van der Waals surface area contributed by atoms with Crippen molar-refractivity contribution >= 4 is 26.9 Å². The molecule has 188 valence electrons. The molecule has 0 spiro atoms. The third-order valence-corrected chi connectivity index (χ3v) is 10.6. The standard InChI is InChI=1S/C21H22FNO10P2/c1-20(2)10-15(17(20)24)18(25)31-13-5-6-14(16(22)8-13)19-32-34(27,28)21(26,35(29,30)33-19)9-12-4-3-7-23-11-12/h3-8,11,15,19,26H,9-10H2,1-2H3,(H,27,28)(H,29,30). The maximum atomic E-state index is 14.8. The third-order valence-electron chi connectivity index (χ3n) is 5.97. The summed E-state index contributed by atoms with van der Waals surface area (Å²) in [4.78, 5) is 48.7. The number of aromatic nitrogens is 1. The number of rotatable bonds is 5. The summed E-state index contributed by atoms with van der Waals surface area (Å²) in [5.74, 6) is -3.53. The number of benzene rings is 1. The van der Waals surface area contributed by atoms with Crippen molar-refractivity contribution in [2.45, 2.75) is 38.1 Å². The molecule has 0 amide bonds. The van der Waals surface area contributed by atoms with Crippen LogP contribution in [-0.2, 0) is 34.2 Å². The monoisotopic (exact) mass is 529 g/mol. The Labute approximate surface area is 198 Å². The molecule has 1 aliphatic heterocycles. The summed E-state index contributed by atoms with van der Waals surface area (Å²) < 4.78 is 55.3. The summed E-state index contributed by atoms with van der Waals surface area (Å²) in [5.41, 5.74) is -1.04. The van der Waals surface area contributed by atoms with Crippen LogP contribution in [0.1, 0.15) is 37.7 Å². The molecule has 2 aromatic rings. The van der Waals surface area contributed by atoms with Gasteiger partial charge < -0.3 is 19.6 Å². The van der Waals surface area contributed by atoms with Crippen molar-refractivity contribution in [2.75, 3.05) is 0 Å². The molecule has 14 heteroatoms. The molecule has 3 N–H and O–H groups in total. The number of nitrogens with zero attached hydrogens (tertiary/aromatic N) is 1. The van der Waals surface area contributed by atoms with Crippen molar-refractivity contribution in [2.24, 2.45) is 11.3 Å². The summed E-state index contributed by atoms with van der Waals surface area (Å²) in [6.45, 7) is 3.38. The first-order valence-electron chi connectivity index (χ1n) is 10.4. The molecule has 3 unspecified atom stereocenters. The molecule has 1 saturated heterocycles. The normalized spacial score (nSPS) is 34.2. The highest BCUT2D eigenvalue weighted by Gasteiger charge is 2.67. The number of pyridine rings is 1. The van der Waals surface area contributed by atoms with E-state index in [-0.39, 0.29) is 23.5 Å². The van der Waals surface area contributed by atoms with Gasteiger partial charge in [0.25, 0.3) is 5.08 Å². The second kappa shape index (κ2) is 8.67. The Balaban J connectivity index is 1.53. The van der Waals surface area contributed by atoms with Crippen LogP contribution in [-0.4, -0.2) is 36.7 Å². The summed E-state index contributed by atoms with van der Waals surface area (Å²) in [6.07, 6.45) is -0.0440. The molecule has 0 bridgehead atoms. The first-order valence-corrected chi connectivity index (χ1v) is 13.5. The van der Waals surface area contributed by atoms with Gasteiger partial charge in [0, 0.05) is 35.9 Å². The van der Waals surface area contributed by atoms with Gasteiger partial charge in [-0.1, -0.05) is 19.9 Å². The van der Waals surface area contributed by atoms with Gasteiger partial charge in [0.05, 0.1) is 0 Å². The van der Waals surface area contributed by atoms with E-state index in [2.05, 4.69) is 4.98 Å². The molecule has 1 aromatic carbocycles. The van der Waals surface area contributed by atoms with Crippen LogP contribution >= 0.6 is 15.2 Å². The second-order valence-corrected chi connectivity index (χ2v) is 13.3. The first-order chi connectivity index (χ1) is 16.2. The fourth-order valence-electron chi connectivity index (χ4n) is 3.88. The van der Waals surface area contributed by atoms with E-state index in [0.717, 1.165) is 18.2 Å². The first kappa shape index (κ1) is 25.8. The predicted molar refractivity (Wildman–Crippen MR) is 116 cm³/mol.